The molecule has 18 heavy (non-hydrogen) atoms. The van der Waals surface area contributed by atoms with E-state index in [0.29, 0.717) is 5.78 Å². The summed E-state index contributed by atoms with van der Waals surface area (Å²) in [6.07, 6.45) is 2.96. The fourth-order valence-corrected chi connectivity index (χ4v) is 2.18. The van der Waals surface area contributed by atoms with E-state index in [1.165, 1.54) is 5.56 Å². The predicted molar refractivity (Wildman–Crippen MR) is 78.2 cm³/mol. The molecule has 1 heteroatoms. The molecular weight excluding hydrogens is 220 g/mol. The Morgan fingerprint density at radius 2 is 1.56 bits per heavy atom. The third-order valence-electron chi connectivity index (χ3n) is 4.19. The van der Waals surface area contributed by atoms with Crippen LogP contribution in [0.15, 0.2) is 24.3 Å². The molecule has 0 spiro atoms. The summed E-state index contributed by atoms with van der Waals surface area (Å²) in [5, 5.41) is 0. The van der Waals surface area contributed by atoms with Crippen LogP contribution in [0.1, 0.15) is 69.8 Å². The molecule has 0 aliphatic heterocycles. The molecule has 0 unspecified atom stereocenters. The molecule has 0 N–H and O–H groups in total. The van der Waals surface area contributed by atoms with Gasteiger partial charge in [0.1, 0.15) is 0 Å². The van der Waals surface area contributed by atoms with Gasteiger partial charge in [-0.3, -0.25) is 4.79 Å². The van der Waals surface area contributed by atoms with Crippen molar-refractivity contribution in [2.45, 2.75) is 59.3 Å². The number of Topliss-reactive ketones (excluding diaryl/α,β-unsaturated/α-hetero) is 1. The third-order valence-corrected chi connectivity index (χ3v) is 4.19. The molecule has 0 aliphatic carbocycles. The van der Waals surface area contributed by atoms with E-state index in [-0.39, 0.29) is 11.3 Å². The van der Waals surface area contributed by atoms with Gasteiger partial charge in [0.25, 0.3) is 0 Å². The summed E-state index contributed by atoms with van der Waals surface area (Å²) in [7, 11) is 0. The highest BCUT2D eigenvalue weighted by molar-refractivity contribution is 5.97. The SMILES string of the molecule is CCC(CC)C(=O)c1ccc(C(C)(C)CC)cc1. The lowest BCUT2D eigenvalue weighted by molar-refractivity contribution is 0.0913. The molecule has 1 nitrogen and oxygen atoms in total. The van der Waals surface area contributed by atoms with Crippen LogP contribution in [0.3, 0.4) is 0 Å². The van der Waals surface area contributed by atoms with E-state index >= 15 is 0 Å². The second-order valence-electron chi connectivity index (χ2n) is 5.69. The molecule has 0 amide bonds. The van der Waals surface area contributed by atoms with Gasteiger partial charge in [-0.2, -0.15) is 0 Å². The van der Waals surface area contributed by atoms with Crippen LogP contribution in [0.25, 0.3) is 0 Å². The van der Waals surface area contributed by atoms with Crippen molar-refractivity contribution in [2.24, 2.45) is 5.92 Å². The first-order valence-corrected chi connectivity index (χ1v) is 7.11. The maximum absolute atomic E-state index is 12.2. The topological polar surface area (TPSA) is 17.1 Å². The van der Waals surface area contributed by atoms with Crippen LogP contribution in [0, 0.1) is 5.92 Å². The first kappa shape index (κ1) is 14.9. The molecule has 0 atom stereocenters. The Bertz CT molecular complexity index is 383. The predicted octanol–water partition coefficient (Wildman–Crippen LogP) is 4.99. The minimum Gasteiger partial charge on any atom is -0.294 e. The van der Waals surface area contributed by atoms with Crippen molar-refractivity contribution in [1.82, 2.24) is 0 Å². The molecule has 0 fully saturated rings. The lowest BCUT2D eigenvalue weighted by Gasteiger charge is -2.23. The molecule has 1 rings (SSSR count). The van der Waals surface area contributed by atoms with Gasteiger partial charge in [0.2, 0.25) is 0 Å². The lowest BCUT2D eigenvalue weighted by Crippen LogP contribution is -2.16. The number of rotatable bonds is 6. The van der Waals surface area contributed by atoms with Gasteiger partial charge in [-0.25, -0.2) is 0 Å². The van der Waals surface area contributed by atoms with Gasteiger partial charge in [0.05, 0.1) is 0 Å². The van der Waals surface area contributed by atoms with Crippen molar-refractivity contribution >= 4 is 5.78 Å². The Kier molecular flexibility index (Phi) is 5.13. The number of benzene rings is 1. The normalized spacial score (nSPS) is 11.9. The van der Waals surface area contributed by atoms with E-state index in [2.05, 4.69) is 46.8 Å². The molecular formula is C17H26O. The van der Waals surface area contributed by atoms with Gasteiger partial charge < -0.3 is 0 Å². The Hall–Kier alpha value is -1.11. The van der Waals surface area contributed by atoms with E-state index in [1.54, 1.807) is 0 Å². The van der Waals surface area contributed by atoms with E-state index in [9.17, 15) is 4.79 Å². The number of carbonyl (C=O) groups is 1. The molecule has 0 saturated carbocycles. The summed E-state index contributed by atoms with van der Waals surface area (Å²) in [5.74, 6) is 0.468. The second kappa shape index (κ2) is 6.17. The summed E-state index contributed by atoms with van der Waals surface area (Å²) < 4.78 is 0. The molecule has 0 saturated heterocycles. The van der Waals surface area contributed by atoms with Gasteiger partial charge in [-0.1, -0.05) is 58.9 Å². The molecule has 0 aliphatic rings. The first-order valence-electron chi connectivity index (χ1n) is 7.11. The number of hydrogen-bond donors (Lipinski definition) is 0. The molecule has 0 radical (unpaired) electrons. The molecule has 100 valence electrons. The van der Waals surface area contributed by atoms with Crippen LogP contribution in [-0.2, 0) is 5.41 Å². The summed E-state index contributed by atoms with van der Waals surface area (Å²) in [6, 6.07) is 8.21. The van der Waals surface area contributed by atoms with Gasteiger partial charge >= 0.3 is 0 Å². The summed E-state index contributed by atoms with van der Waals surface area (Å²) >= 11 is 0. The highest BCUT2D eigenvalue weighted by Crippen LogP contribution is 2.27. The Balaban J connectivity index is 2.93. The Morgan fingerprint density at radius 1 is 1.06 bits per heavy atom. The largest absolute Gasteiger partial charge is 0.294 e. The first-order chi connectivity index (χ1) is 8.46. The number of hydrogen-bond acceptors (Lipinski definition) is 1. The summed E-state index contributed by atoms with van der Waals surface area (Å²) in [5.41, 5.74) is 2.36. The minimum absolute atomic E-state index is 0.176. The fraction of sp³-hybridized carbons (Fsp3) is 0.588. The maximum atomic E-state index is 12.2. The van der Waals surface area contributed by atoms with Crippen molar-refractivity contribution in [1.29, 1.82) is 0 Å². The average molecular weight is 246 g/mol. The van der Waals surface area contributed by atoms with Crippen molar-refractivity contribution in [2.75, 3.05) is 0 Å². The van der Waals surface area contributed by atoms with Crippen molar-refractivity contribution in [3.8, 4) is 0 Å². The molecule has 0 bridgehead atoms. The van der Waals surface area contributed by atoms with Crippen molar-refractivity contribution < 1.29 is 4.79 Å². The average Bonchev–Trinajstić information content (AvgIpc) is 2.40. The molecule has 0 heterocycles. The van der Waals surface area contributed by atoms with Gasteiger partial charge in [0, 0.05) is 11.5 Å². The van der Waals surface area contributed by atoms with E-state index in [4.69, 9.17) is 0 Å². The van der Waals surface area contributed by atoms with Crippen LogP contribution in [0.2, 0.25) is 0 Å². The zero-order valence-electron chi connectivity index (χ0n) is 12.4. The van der Waals surface area contributed by atoms with Crippen LogP contribution in [-0.4, -0.2) is 5.78 Å². The smallest absolute Gasteiger partial charge is 0.165 e. The lowest BCUT2D eigenvalue weighted by atomic mass is 9.81. The highest BCUT2D eigenvalue weighted by Gasteiger charge is 2.20. The van der Waals surface area contributed by atoms with Crippen LogP contribution in [0.4, 0.5) is 0 Å². The van der Waals surface area contributed by atoms with Gasteiger partial charge in [0.15, 0.2) is 5.78 Å². The third kappa shape index (κ3) is 3.22. The van der Waals surface area contributed by atoms with Crippen LogP contribution in [0.5, 0.6) is 0 Å². The standard InChI is InChI=1S/C17H26O/c1-6-13(7-2)16(18)14-9-11-15(12-10-14)17(4,5)8-3/h9-13H,6-8H2,1-5H3. The molecule has 0 aromatic heterocycles. The van der Waals surface area contributed by atoms with E-state index < -0.39 is 0 Å². The van der Waals surface area contributed by atoms with E-state index in [0.717, 1.165) is 24.8 Å². The van der Waals surface area contributed by atoms with Crippen molar-refractivity contribution in [3.05, 3.63) is 35.4 Å². The van der Waals surface area contributed by atoms with Gasteiger partial charge in [-0.05, 0) is 30.2 Å². The van der Waals surface area contributed by atoms with E-state index in [1.807, 2.05) is 12.1 Å². The fourth-order valence-electron chi connectivity index (χ4n) is 2.18. The summed E-state index contributed by atoms with van der Waals surface area (Å²) in [6.45, 7) is 10.8. The Labute approximate surface area is 112 Å². The second-order valence-corrected chi connectivity index (χ2v) is 5.69. The van der Waals surface area contributed by atoms with Crippen LogP contribution >= 0.6 is 0 Å². The van der Waals surface area contributed by atoms with Crippen molar-refractivity contribution in [3.63, 3.8) is 0 Å². The highest BCUT2D eigenvalue weighted by atomic mass is 16.1. The zero-order valence-corrected chi connectivity index (χ0v) is 12.4. The van der Waals surface area contributed by atoms with Gasteiger partial charge in [-0.15, -0.1) is 0 Å². The summed E-state index contributed by atoms with van der Waals surface area (Å²) in [4.78, 5) is 12.2. The van der Waals surface area contributed by atoms with Crippen LogP contribution < -0.4 is 0 Å². The Morgan fingerprint density at radius 3 is 1.94 bits per heavy atom. The zero-order chi connectivity index (χ0) is 13.8. The number of carbonyl (C=O) groups excluding carboxylic acids is 1. The molecule has 1 aromatic rings. The maximum Gasteiger partial charge on any atom is 0.165 e. The molecule has 1 aromatic carbocycles. The number of ketones is 1. The monoisotopic (exact) mass is 246 g/mol. The minimum atomic E-state index is 0.176. The quantitative estimate of drug-likeness (QED) is 0.646.